The molecule has 1 fully saturated rings. The third-order valence-electron chi connectivity index (χ3n) is 4.33. The third-order valence-corrected chi connectivity index (χ3v) is 4.99. The van der Waals surface area contributed by atoms with Gasteiger partial charge in [-0.05, 0) is 18.4 Å². The Morgan fingerprint density at radius 3 is 2.26 bits per heavy atom. The Kier molecular flexibility index (Phi) is 4.19. The zero-order chi connectivity index (χ0) is 16.7. The van der Waals surface area contributed by atoms with E-state index in [1.165, 1.54) is 0 Å². The summed E-state index contributed by atoms with van der Waals surface area (Å²) in [5.74, 6) is -2.40. The molecule has 0 aromatic heterocycles. The lowest BCUT2D eigenvalue weighted by Gasteiger charge is -2.30. The van der Waals surface area contributed by atoms with E-state index in [-0.39, 0.29) is 5.78 Å². The fourth-order valence-corrected chi connectivity index (χ4v) is 4.01. The highest BCUT2D eigenvalue weighted by Gasteiger charge is 2.61. The van der Waals surface area contributed by atoms with Crippen molar-refractivity contribution in [1.29, 1.82) is 0 Å². The molecule has 1 aromatic rings. The molecule has 1 saturated heterocycles. The van der Waals surface area contributed by atoms with Crippen molar-refractivity contribution in [3.63, 3.8) is 0 Å². The van der Waals surface area contributed by atoms with Gasteiger partial charge in [0, 0.05) is 16.1 Å². The minimum atomic E-state index is -1.64. The van der Waals surface area contributed by atoms with Gasteiger partial charge in [0.2, 0.25) is 5.78 Å². The second kappa shape index (κ2) is 5.87. The molecule has 122 valence electrons. The van der Waals surface area contributed by atoms with Crippen LogP contribution in [0.1, 0.15) is 55.5 Å². The second-order valence-corrected chi connectivity index (χ2v) is 6.87. The van der Waals surface area contributed by atoms with E-state index in [4.69, 9.17) is 9.47 Å². The predicted molar refractivity (Wildman–Crippen MR) is 90.1 cm³/mol. The number of ether oxygens (including phenoxy) is 2. The molecule has 1 aliphatic carbocycles. The predicted octanol–water partition coefficient (Wildman–Crippen LogP) is 4.23. The van der Waals surface area contributed by atoms with Crippen LogP contribution in [0.25, 0.3) is 4.48 Å². The summed E-state index contributed by atoms with van der Waals surface area (Å²) >= 11 is 3.47. The SMILES string of the molecule is CCCC1(CCC)O[C@@]2(C=C(Br)c3ccccc3C2=O)OC1=O. The first-order valence-corrected chi connectivity index (χ1v) is 8.73. The number of benzene rings is 1. The summed E-state index contributed by atoms with van der Waals surface area (Å²) in [6, 6.07) is 7.23. The van der Waals surface area contributed by atoms with Gasteiger partial charge in [0.15, 0.2) is 5.60 Å². The summed E-state index contributed by atoms with van der Waals surface area (Å²) in [5, 5.41) is 0. The van der Waals surface area contributed by atoms with Crippen molar-refractivity contribution in [2.45, 2.75) is 50.9 Å². The Balaban J connectivity index is 2.06. The number of carbonyl (C=O) groups excluding carboxylic acids is 2. The topological polar surface area (TPSA) is 52.6 Å². The monoisotopic (exact) mass is 378 g/mol. The van der Waals surface area contributed by atoms with Crippen LogP contribution in [0.5, 0.6) is 0 Å². The summed E-state index contributed by atoms with van der Waals surface area (Å²) in [6.45, 7) is 3.98. The molecule has 1 heterocycles. The summed E-state index contributed by atoms with van der Waals surface area (Å²) in [6.07, 6.45) is 4.22. The van der Waals surface area contributed by atoms with Crippen molar-refractivity contribution >= 4 is 32.2 Å². The minimum Gasteiger partial charge on any atom is -0.419 e. The fourth-order valence-electron chi connectivity index (χ4n) is 3.36. The molecule has 0 N–H and O–H groups in total. The highest BCUT2D eigenvalue weighted by Crippen LogP contribution is 2.46. The van der Waals surface area contributed by atoms with Crippen molar-refractivity contribution < 1.29 is 19.1 Å². The van der Waals surface area contributed by atoms with Crippen molar-refractivity contribution in [3.8, 4) is 0 Å². The number of ketones is 1. The number of halogens is 1. The lowest BCUT2D eigenvalue weighted by atomic mass is 9.90. The number of hydrogen-bond donors (Lipinski definition) is 0. The van der Waals surface area contributed by atoms with Crippen LogP contribution in [0, 0.1) is 0 Å². The van der Waals surface area contributed by atoms with Crippen LogP contribution in [0.2, 0.25) is 0 Å². The molecule has 0 bridgehead atoms. The van der Waals surface area contributed by atoms with E-state index in [1.807, 2.05) is 26.0 Å². The molecule has 0 amide bonds. The Morgan fingerprint density at radius 1 is 1.04 bits per heavy atom. The minimum absolute atomic E-state index is 0.321. The van der Waals surface area contributed by atoms with Gasteiger partial charge in [0.05, 0.1) is 0 Å². The number of esters is 1. The summed E-state index contributed by atoms with van der Waals surface area (Å²) < 4.78 is 12.3. The Bertz CT molecular complexity index is 688. The Labute approximate surface area is 144 Å². The zero-order valence-electron chi connectivity index (χ0n) is 13.2. The maximum absolute atomic E-state index is 13.0. The third kappa shape index (κ3) is 2.46. The van der Waals surface area contributed by atoms with Crippen molar-refractivity contribution in [2.75, 3.05) is 0 Å². The molecule has 0 saturated carbocycles. The van der Waals surface area contributed by atoms with Gasteiger partial charge in [-0.15, -0.1) is 0 Å². The van der Waals surface area contributed by atoms with E-state index in [1.54, 1.807) is 18.2 Å². The van der Waals surface area contributed by atoms with Crippen LogP contribution in [0.15, 0.2) is 30.3 Å². The van der Waals surface area contributed by atoms with E-state index in [0.717, 1.165) is 18.4 Å². The average molecular weight is 379 g/mol. The molecule has 23 heavy (non-hydrogen) atoms. The van der Waals surface area contributed by atoms with E-state index >= 15 is 0 Å². The maximum atomic E-state index is 13.0. The maximum Gasteiger partial charge on any atom is 0.341 e. The first-order valence-electron chi connectivity index (χ1n) is 7.94. The highest BCUT2D eigenvalue weighted by atomic mass is 79.9. The van der Waals surface area contributed by atoms with E-state index in [0.29, 0.717) is 22.9 Å². The molecule has 4 nitrogen and oxygen atoms in total. The number of Topliss-reactive ketones (excluding diaryl/α,β-unsaturated/α-hetero) is 1. The van der Waals surface area contributed by atoms with E-state index in [2.05, 4.69) is 15.9 Å². The smallest absolute Gasteiger partial charge is 0.341 e. The van der Waals surface area contributed by atoms with E-state index in [9.17, 15) is 9.59 Å². The molecule has 3 rings (SSSR count). The molecule has 1 aliphatic heterocycles. The lowest BCUT2D eigenvalue weighted by Crippen LogP contribution is -2.43. The van der Waals surface area contributed by atoms with Crippen LogP contribution in [0.4, 0.5) is 0 Å². The lowest BCUT2D eigenvalue weighted by molar-refractivity contribution is -0.148. The first kappa shape index (κ1) is 16.4. The Morgan fingerprint density at radius 2 is 1.65 bits per heavy atom. The van der Waals surface area contributed by atoms with Crippen LogP contribution in [-0.4, -0.2) is 23.1 Å². The number of rotatable bonds is 4. The molecule has 0 unspecified atom stereocenters. The van der Waals surface area contributed by atoms with Gasteiger partial charge in [0.25, 0.3) is 0 Å². The number of hydrogen-bond acceptors (Lipinski definition) is 4. The molecular formula is C18H19BrO4. The molecule has 1 aromatic carbocycles. The van der Waals surface area contributed by atoms with Gasteiger partial charge in [-0.2, -0.15) is 0 Å². The molecular weight excluding hydrogens is 360 g/mol. The molecule has 1 atom stereocenters. The number of carbonyl (C=O) groups is 2. The normalized spacial score (nSPS) is 25.3. The standard InChI is InChI=1S/C18H19BrO4/c1-3-9-17(10-4-2)16(21)22-18(23-17)11-14(19)12-7-5-6-8-13(12)15(18)20/h5-8,11H,3-4,9-10H2,1-2H3/t18-/m1/s1. The van der Waals surface area contributed by atoms with Crippen molar-refractivity contribution in [2.24, 2.45) is 0 Å². The van der Waals surface area contributed by atoms with Gasteiger partial charge in [0.1, 0.15) is 0 Å². The van der Waals surface area contributed by atoms with Gasteiger partial charge < -0.3 is 9.47 Å². The van der Waals surface area contributed by atoms with Gasteiger partial charge >= 0.3 is 11.8 Å². The zero-order valence-corrected chi connectivity index (χ0v) is 14.8. The number of fused-ring (bicyclic) bond motifs is 1. The fraction of sp³-hybridized carbons (Fsp3) is 0.444. The summed E-state index contributed by atoms with van der Waals surface area (Å²) in [5.41, 5.74) is 0.250. The summed E-state index contributed by atoms with van der Waals surface area (Å²) in [7, 11) is 0. The molecule has 2 aliphatic rings. The quantitative estimate of drug-likeness (QED) is 0.735. The van der Waals surface area contributed by atoms with Crippen molar-refractivity contribution in [1.82, 2.24) is 0 Å². The molecule has 5 heteroatoms. The van der Waals surface area contributed by atoms with Crippen LogP contribution in [0.3, 0.4) is 0 Å². The van der Waals surface area contributed by atoms with Crippen molar-refractivity contribution in [3.05, 3.63) is 41.5 Å². The van der Waals surface area contributed by atoms with E-state index < -0.39 is 17.4 Å². The van der Waals surface area contributed by atoms with Crippen LogP contribution in [-0.2, 0) is 14.3 Å². The largest absolute Gasteiger partial charge is 0.419 e. The summed E-state index contributed by atoms with van der Waals surface area (Å²) in [4.78, 5) is 25.5. The second-order valence-electron chi connectivity index (χ2n) is 6.02. The molecule has 0 radical (unpaired) electrons. The van der Waals surface area contributed by atoms with Gasteiger partial charge in [-0.25, -0.2) is 4.79 Å². The van der Waals surface area contributed by atoms with Crippen LogP contribution >= 0.6 is 15.9 Å². The first-order chi connectivity index (χ1) is 11.0. The van der Waals surface area contributed by atoms with Crippen LogP contribution < -0.4 is 0 Å². The van der Waals surface area contributed by atoms with Gasteiger partial charge in [-0.3, -0.25) is 4.79 Å². The average Bonchev–Trinajstić information content (AvgIpc) is 2.79. The Hall–Kier alpha value is -1.46. The highest BCUT2D eigenvalue weighted by molar-refractivity contribution is 9.15. The van der Waals surface area contributed by atoms with Gasteiger partial charge in [-0.1, -0.05) is 66.9 Å². The molecule has 1 spiro atoms.